The summed E-state index contributed by atoms with van der Waals surface area (Å²) in [6, 6.07) is 6.68. The first-order chi connectivity index (χ1) is 7.56. The van der Waals surface area contributed by atoms with Crippen molar-refractivity contribution in [2.24, 2.45) is 0 Å². The second-order valence-corrected chi connectivity index (χ2v) is 3.72. The molecular formula is C12H12FN3. The molecule has 0 amide bonds. The molecule has 0 aliphatic carbocycles. The summed E-state index contributed by atoms with van der Waals surface area (Å²) in [5, 5.41) is 0. The minimum atomic E-state index is -0.220. The van der Waals surface area contributed by atoms with Crippen LogP contribution >= 0.6 is 0 Å². The molecule has 0 atom stereocenters. The Labute approximate surface area is 93.2 Å². The Morgan fingerprint density at radius 3 is 2.50 bits per heavy atom. The summed E-state index contributed by atoms with van der Waals surface area (Å²) in [5.41, 5.74) is 8.51. The highest BCUT2D eigenvalue weighted by Gasteiger charge is 2.05. The van der Waals surface area contributed by atoms with Crippen LogP contribution < -0.4 is 5.73 Å². The molecule has 0 spiro atoms. The third-order valence-electron chi connectivity index (χ3n) is 2.33. The number of benzene rings is 1. The number of nitrogens with zero attached hydrogens (tertiary/aromatic N) is 2. The number of anilines is 1. The SMILES string of the molecule is Cc1cc(-c2ccc(F)c(C)c2)nc(N)n1. The Kier molecular flexibility index (Phi) is 2.56. The summed E-state index contributed by atoms with van der Waals surface area (Å²) in [6.07, 6.45) is 0. The molecule has 0 fully saturated rings. The van der Waals surface area contributed by atoms with E-state index in [1.54, 1.807) is 19.1 Å². The van der Waals surface area contributed by atoms with E-state index in [0.717, 1.165) is 11.3 Å². The van der Waals surface area contributed by atoms with Gasteiger partial charge in [-0.05, 0) is 43.7 Å². The van der Waals surface area contributed by atoms with E-state index in [-0.39, 0.29) is 11.8 Å². The number of hydrogen-bond donors (Lipinski definition) is 1. The van der Waals surface area contributed by atoms with Crippen molar-refractivity contribution in [3.8, 4) is 11.3 Å². The number of nitrogen functional groups attached to an aromatic ring is 1. The summed E-state index contributed by atoms with van der Waals surface area (Å²) in [4.78, 5) is 8.11. The van der Waals surface area contributed by atoms with Gasteiger partial charge in [-0.2, -0.15) is 0 Å². The lowest BCUT2D eigenvalue weighted by Gasteiger charge is -2.04. The molecule has 3 nitrogen and oxygen atoms in total. The van der Waals surface area contributed by atoms with Gasteiger partial charge in [0.25, 0.3) is 0 Å². The summed E-state index contributed by atoms with van der Waals surface area (Å²) in [6.45, 7) is 3.56. The first-order valence-electron chi connectivity index (χ1n) is 4.94. The van der Waals surface area contributed by atoms with Crippen molar-refractivity contribution in [2.75, 3.05) is 5.73 Å². The van der Waals surface area contributed by atoms with E-state index in [2.05, 4.69) is 9.97 Å². The van der Waals surface area contributed by atoms with Gasteiger partial charge in [0.15, 0.2) is 0 Å². The normalized spacial score (nSPS) is 10.4. The van der Waals surface area contributed by atoms with E-state index in [0.29, 0.717) is 11.3 Å². The minimum absolute atomic E-state index is 0.220. The molecule has 2 N–H and O–H groups in total. The fourth-order valence-corrected chi connectivity index (χ4v) is 1.54. The summed E-state index contributed by atoms with van der Waals surface area (Å²) >= 11 is 0. The maximum absolute atomic E-state index is 13.1. The van der Waals surface area contributed by atoms with E-state index in [1.165, 1.54) is 6.07 Å². The smallest absolute Gasteiger partial charge is 0.220 e. The molecule has 16 heavy (non-hydrogen) atoms. The zero-order chi connectivity index (χ0) is 11.7. The van der Waals surface area contributed by atoms with Crippen LogP contribution in [0.1, 0.15) is 11.3 Å². The van der Waals surface area contributed by atoms with Crippen LogP contribution in [0.5, 0.6) is 0 Å². The second-order valence-electron chi connectivity index (χ2n) is 3.72. The summed E-state index contributed by atoms with van der Waals surface area (Å²) < 4.78 is 13.1. The van der Waals surface area contributed by atoms with Gasteiger partial charge in [0.2, 0.25) is 5.95 Å². The predicted octanol–water partition coefficient (Wildman–Crippen LogP) is 2.48. The van der Waals surface area contributed by atoms with Crippen molar-refractivity contribution in [1.29, 1.82) is 0 Å². The van der Waals surface area contributed by atoms with Gasteiger partial charge in [-0.1, -0.05) is 0 Å². The Hall–Kier alpha value is -1.97. The maximum atomic E-state index is 13.1. The molecule has 0 unspecified atom stereocenters. The predicted molar refractivity (Wildman–Crippen MR) is 61.3 cm³/mol. The van der Waals surface area contributed by atoms with Gasteiger partial charge in [0.05, 0.1) is 5.69 Å². The number of aryl methyl sites for hydroxylation is 2. The van der Waals surface area contributed by atoms with Gasteiger partial charge in [-0.25, -0.2) is 14.4 Å². The van der Waals surface area contributed by atoms with E-state index in [1.807, 2.05) is 13.0 Å². The van der Waals surface area contributed by atoms with Crippen LogP contribution in [-0.2, 0) is 0 Å². The van der Waals surface area contributed by atoms with Crippen LogP contribution in [0.25, 0.3) is 11.3 Å². The molecule has 0 bridgehead atoms. The maximum Gasteiger partial charge on any atom is 0.220 e. The standard InChI is InChI=1S/C12H12FN3/c1-7-5-9(3-4-10(7)13)11-6-8(2)15-12(14)16-11/h3-6H,1-2H3,(H2,14,15,16). The van der Waals surface area contributed by atoms with Gasteiger partial charge in [0, 0.05) is 11.3 Å². The van der Waals surface area contributed by atoms with E-state index in [9.17, 15) is 4.39 Å². The average Bonchev–Trinajstić information content (AvgIpc) is 2.20. The second kappa shape index (κ2) is 3.89. The number of nitrogens with two attached hydrogens (primary N) is 1. The number of hydrogen-bond acceptors (Lipinski definition) is 3. The van der Waals surface area contributed by atoms with Crippen molar-refractivity contribution in [1.82, 2.24) is 9.97 Å². The molecule has 1 aromatic heterocycles. The molecule has 2 rings (SSSR count). The number of aromatic nitrogens is 2. The highest BCUT2D eigenvalue weighted by atomic mass is 19.1. The lowest BCUT2D eigenvalue weighted by molar-refractivity contribution is 0.619. The van der Waals surface area contributed by atoms with E-state index >= 15 is 0 Å². The first kappa shape index (κ1) is 10.5. The fourth-order valence-electron chi connectivity index (χ4n) is 1.54. The van der Waals surface area contributed by atoms with Crippen LogP contribution in [-0.4, -0.2) is 9.97 Å². The fraction of sp³-hybridized carbons (Fsp3) is 0.167. The average molecular weight is 217 g/mol. The third-order valence-corrected chi connectivity index (χ3v) is 2.33. The van der Waals surface area contributed by atoms with E-state index in [4.69, 9.17) is 5.73 Å². The molecule has 0 aliphatic rings. The largest absolute Gasteiger partial charge is 0.368 e. The molecule has 0 saturated heterocycles. The Morgan fingerprint density at radius 2 is 1.88 bits per heavy atom. The molecule has 0 saturated carbocycles. The minimum Gasteiger partial charge on any atom is -0.368 e. The van der Waals surface area contributed by atoms with Crippen molar-refractivity contribution in [2.45, 2.75) is 13.8 Å². The quantitative estimate of drug-likeness (QED) is 0.798. The van der Waals surface area contributed by atoms with Gasteiger partial charge >= 0.3 is 0 Å². The highest BCUT2D eigenvalue weighted by molar-refractivity contribution is 5.61. The molecule has 2 aromatic rings. The number of rotatable bonds is 1. The van der Waals surface area contributed by atoms with Gasteiger partial charge in [-0.15, -0.1) is 0 Å². The van der Waals surface area contributed by atoms with Crippen LogP contribution in [0.2, 0.25) is 0 Å². The molecule has 1 aromatic carbocycles. The Bertz CT molecular complexity index is 518. The number of halogens is 1. The lowest BCUT2D eigenvalue weighted by Crippen LogP contribution is -1.98. The lowest BCUT2D eigenvalue weighted by atomic mass is 10.1. The summed E-state index contributed by atoms with van der Waals surface area (Å²) in [5.74, 6) is 0.0134. The van der Waals surface area contributed by atoms with E-state index < -0.39 is 0 Å². The van der Waals surface area contributed by atoms with Crippen molar-refractivity contribution >= 4 is 5.95 Å². The van der Waals surface area contributed by atoms with Crippen LogP contribution in [0, 0.1) is 19.7 Å². The van der Waals surface area contributed by atoms with Crippen molar-refractivity contribution in [3.05, 3.63) is 41.3 Å². The molecule has 0 radical (unpaired) electrons. The van der Waals surface area contributed by atoms with Gasteiger partial charge in [-0.3, -0.25) is 0 Å². The van der Waals surface area contributed by atoms with Gasteiger partial charge < -0.3 is 5.73 Å². The zero-order valence-corrected chi connectivity index (χ0v) is 9.16. The Balaban J connectivity index is 2.54. The molecule has 1 heterocycles. The monoisotopic (exact) mass is 217 g/mol. The third kappa shape index (κ3) is 2.00. The first-order valence-corrected chi connectivity index (χ1v) is 4.94. The van der Waals surface area contributed by atoms with Crippen molar-refractivity contribution in [3.63, 3.8) is 0 Å². The van der Waals surface area contributed by atoms with Crippen LogP contribution in [0.15, 0.2) is 24.3 Å². The molecule has 4 heteroatoms. The van der Waals surface area contributed by atoms with Crippen LogP contribution in [0.4, 0.5) is 10.3 Å². The summed E-state index contributed by atoms with van der Waals surface area (Å²) in [7, 11) is 0. The van der Waals surface area contributed by atoms with Crippen molar-refractivity contribution < 1.29 is 4.39 Å². The molecular weight excluding hydrogens is 205 g/mol. The van der Waals surface area contributed by atoms with Gasteiger partial charge in [0.1, 0.15) is 5.82 Å². The molecule has 0 aliphatic heterocycles. The topological polar surface area (TPSA) is 51.8 Å². The molecule has 82 valence electrons. The zero-order valence-electron chi connectivity index (χ0n) is 9.16. The Morgan fingerprint density at radius 1 is 1.12 bits per heavy atom. The highest BCUT2D eigenvalue weighted by Crippen LogP contribution is 2.20. The van der Waals surface area contributed by atoms with Crippen LogP contribution in [0.3, 0.4) is 0 Å².